The average molecular weight is 410 g/mol. The van der Waals surface area contributed by atoms with Gasteiger partial charge in [0.2, 0.25) is 0 Å². The van der Waals surface area contributed by atoms with Gasteiger partial charge in [-0.25, -0.2) is 0 Å². The summed E-state index contributed by atoms with van der Waals surface area (Å²) in [5.41, 5.74) is 1.66. The van der Waals surface area contributed by atoms with Crippen LogP contribution >= 0.6 is 15.9 Å². The highest BCUT2D eigenvalue weighted by molar-refractivity contribution is 9.10. The number of nitrogens with zero attached hydrogens (tertiary/aromatic N) is 2. The van der Waals surface area contributed by atoms with E-state index < -0.39 is 0 Å². The standard InChI is InChI=1S/C20H16BrN3O2/c21-18-6-7-19(17(11-18)10-16(12-22)13-23)26-14-20(25)24-9-8-15-4-2-1-3-5-15/h1-7,10-11H,8-9,14H2,(H,24,25). The van der Waals surface area contributed by atoms with Gasteiger partial charge in [0.1, 0.15) is 23.5 Å². The lowest BCUT2D eigenvalue weighted by Crippen LogP contribution is -2.30. The maximum atomic E-state index is 12.0. The van der Waals surface area contributed by atoms with Gasteiger partial charge in [-0.3, -0.25) is 4.79 Å². The predicted octanol–water partition coefficient (Wildman–Crippen LogP) is 3.62. The van der Waals surface area contributed by atoms with Crippen LogP contribution in [-0.2, 0) is 11.2 Å². The van der Waals surface area contributed by atoms with Crippen LogP contribution in [0.3, 0.4) is 0 Å². The number of halogens is 1. The van der Waals surface area contributed by atoms with Crippen LogP contribution in [0.1, 0.15) is 11.1 Å². The number of ether oxygens (including phenoxy) is 1. The van der Waals surface area contributed by atoms with Crippen molar-refractivity contribution < 1.29 is 9.53 Å². The summed E-state index contributed by atoms with van der Waals surface area (Å²) >= 11 is 3.34. The molecule has 0 aromatic heterocycles. The minimum Gasteiger partial charge on any atom is -0.483 e. The molecule has 0 unspecified atom stereocenters. The Hall–Kier alpha value is -3.09. The largest absolute Gasteiger partial charge is 0.483 e. The van der Waals surface area contributed by atoms with Crippen LogP contribution in [0.2, 0.25) is 0 Å². The normalized spacial score (nSPS) is 9.50. The molecule has 2 aromatic rings. The third kappa shape index (κ3) is 6.08. The molecule has 0 aliphatic rings. The van der Waals surface area contributed by atoms with E-state index in [1.165, 1.54) is 6.08 Å². The van der Waals surface area contributed by atoms with E-state index >= 15 is 0 Å². The SMILES string of the molecule is N#CC(C#N)=Cc1cc(Br)ccc1OCC(=O)NCCc1ccccc1. The van der Waals surface area contributed by atoms with Gasteiger partial charge < -0.3 is 10.1 Å². The molecule has 5 nitrogen and oxygen atoms in total. The summed E-state index contributed by atoms with van der Waals surface area (Å²) in [5, 5.41) is 20.6. The van der Waals surface area contributed by atoms with Crippen LogP contribution in [0.5, 0.6) is 5.75 Å². The Balaban J connectivity index is 1.92. The fourth-order valence-electron chi connectivity index (χ4n) is 2.19. The minimum absolute atomic E-state index is 0.0414. The molecule has 0 bridgehead atoms. The molecule has 0 radical (unpaired) electrons. The lowest BCUT2D eigenvalue weighted by Gasteiger charge is -2.10. The van der Waals surface area contributed by atoms with E-state index in [1.54, 1.807) is 30.3 Å². The second kappa shape index (κ2) is 10.0. The second-order valence-corrected chi connectivity index (χ2v) is 6.25. The van der Waals surface area contributed by atoms with Crippen LogP contribution in [0.25, 0.3) is 6.08 Å². The monoisotopic (exact) mass is 409 g/mol. The molecule has 0 heterocycles. The van der Waals surface area contributed by atoms with E-state index in [9.17, 15) is 4.79 Å². The number of rotatable bonds is 7. The highest BCUT2D eigenvalue weighted by Gasteiger charge is 2.08. The molecule has 0 aliphatic carbocycles. The van der Waals surface area contributed by atoms with Gasteiger partial charge in [0.25, 0.3) is 5.91 Å². The summed E-state index contributed by atoms with van der Waals surface area (Å²) in [6, 6.07) is 18.6. The van der Waals surface area contributed by atoms with Crippen molar-refractivity contribution in [1.82, 2.24) is 5.32 Å². The van der Waals surface area contributed by atoms with Crippen LogP contribution in [-0.4, -0.2) is 19.1 Å². The van der Waals surface area contributed by atoms with E-state index in [4.69, 9.17) is 15.3 Å². The summed E-state index contributed by atoms with van der Waals surface area (Å²) < 4.78 is 6.33. The van der Waals surface area contributed by atoms with Gasteiger partial charge >= 0.3 is 0 Å². The first-order valence-electron chi connectivity index (χ1n) is 7.87. The molecular weight excluding hydrogens is 394 g/mol. The van der Waals surface area contributed by atoms with Crippen molar-refractivity contribution in [2.45, 2.75) is 6.42 Å². The van der Waals surface area contributed by atoms with Gasteiger partial charge in [0.15, 0.2) is 6.61 Å². The molecular formula is C20H16BrN3O2. The quantitative estimate of drug-likeness (QED) is 0.707. The Labute approximate surface area is 160 Å². The fraction of sp³-hybridized carbons (Fsp3) is 0.150. The molecule has 0 atom stereocenters. The van der Waals surface area contributed by atoms with Gasteiger partial charge in [-0.05, 0) is 36.3 Å². The first kappa shape index (κ1) is 19.2. The van der Waals surface area contributed by atoms with E-state index in [0.29, 0.717) is 17.9 Å². The minimum atomic E-state index is -0.237. The predicted molar refractivity (Wildman–Crippen MR) is 102 cm³/mol. The number of hydrogen-bond donors (Lipinski definition) is 1. The molecule has 0 fully saturated rings. The molecule has 0 saturated carbocycles. The summed E-state index contributed by atoms with van der Waals surface area (Å²) in [4.78, 5) is 12.0. The molecule has 0 saturated heterocycles. The Morgan fingerprint density at radius 2 is 1.88 bits per heavy atom. The lowest BCUT2D eigenvalue weighted by molar-refractivity contribution is -0.123. The lowest BCUT2D eigenvalue weighted by atomic mass is 10.1. The molecule has 0 aliphatic heterocycles. The maximum absolute atomic E-state index is 12.0. The molecule has 26 heavy (non-hydrogen) atoms. The fourth-order valence-corrected chi connectivity index (χ4v) is 2.57. The second-order valence-electron chi connectivity index (χ2n) is 5.34. The molecule has 0 spiro atoms. The number of nitrogens with one attached hydrogen (secondary N) is 1. The Bertz CT molecular complexity index is 864. The third-order valence-electron chi connectivity index (χ3n) is 3.45. The van der Waals surface area contributed by atoms with Crippen molar-refractivity contribution in [1.29, 1.82) is 10.5 Å². The Morgan fingerprint density at radius 3 is 2.58 bits per heavy atom. The molecule has 1 N–H and O–H groups in total. The zero-order valence-corrected chi connectivity index (χ0v) is 15.5. The van der Waals surface area contributed by atoms with Gasteiger partial charge in [-0.1, -0.05) is 46.3 Å². The van der Waals surface area contributed by atoms with Gasteiger partial charge in [-0.15, -0.1) is 0 Å². The highest BCUT2D eigenvalue weighted by Crippen LogP contribution is 2.25. The smallest absolute Gasteiger partial charge is 0.257 e. The number of hydrogen-bond acceptors (Lipinski definition) is 4. The highest BCUT2D eigenvalue weighted by atomic mass is 79.9. The van der Waals surface area contributed by atoms with Gasteiger partial charge in [-0.2, -0.15) is 10.5 Å². The number of benzene rings is 2. The van der Waals surface area contributed by atoms with Crippen molar-refractivity contribution in [3.05, 3.63) is 69.7 Å². The molecule has 2 rings (SSSR count). The van der Waals surface area contributed by atoms with Crippen molar-refractivity contribution >= 4 is 27.9 Å². The van der Waals surface area contributed by atoms with Crippen LogP contribution in [0.4, 0.5) is 0 Å². The number of amides is 1. The topological polar surface area (TPSA) is 85.9 Å². The van der Waals surface area contributed by atoms with Crippen LogP contribution in [0, 0.1) is 22.7 Å². The Morgan fingerprint density at radius 1 is 1.15 bits per heavy atom. The average Bonchev–Trinajstić information content (AvgIpc) is 2.66. The van der Waals surface area contributed by atoms with E-state index in [1.807, 2.05) is 30.3 Å². The van der Waals surface area contributed by atoms with E-state index in [-0.39, 0.29) is 18.1 Å². The zero-order chi connectivity index (χ0) is 18.8. The summed E-state index contributed by atoms with van der Waals surface area (Å²) in [6.07, 6.45) is 2.17. The van der Waals surface area contributed by atoms with E-state index in [2.05, 4.69) is 21.2 Å². The number of carbonyl (C=O) groups excluding carboxylic acids is 1. The first-order valence-corrected chi connectivity index (χ1v) is 8.66. The van der Waals surface area contributed by atoms with E-state index in [0.717, 1.165) is 16.5 Å². The van der Waals surface area contributed by atoms with Crippen molar-refractivity contribution in [2.24, 2.45) is 0 Å². The van der Waals surface area contributed by atoms with Gasteiger partial charge in [0.05, 0.1) is 0 Å². The molecule has 6 heteroatoms. The first-order chi connectivity index (χ1) is 12.6. The van der Waals surface area contributed by atoms with Crippen molar-refractivity contribution in [3.63, 3.8) is 0 Å². The van der Waals surface area contributed by atoms with Crippen molar-refractivity contribution in [2.75, 3.05) is 13.2 Å². The number of nitriles is 2. The van der Waals surface area contributed by atoms with Gasteiger partial charge in [0, 0.05) is 16.6 Å². The summed E-state index contributed by atoms with van der Waals surface area (Å²) in [5.74, 6) is 0.189. The number of allylic oxidation sites excluding steroid dienone is 1. The maximum Gasteiger partial charge on any atom is 0.257 e. The summed E-state index contributed by atoms with van der Waals surface area (Å²) in [6.45, 7) is 0.373. The molecule has 1 amide bonds. The molecule has 2 aromatic carbocycles. The third-order valence-corrected chi connectivity index (χ3v) is 3.94. The van der Waals surface area contributed by atoms with Crippen molar-refractivity contribution in [3.8, 4) is 17.9 Å². The van der Waals surface area contributed by atoms with Crippen LogP contribution in [0.15, 0.2) is 58.6 Å². The van der Waals surface area contributed by atoms with Crippen LogP contribution < -0.4 is 10.1 Å². The summed E-state index contributed by atoms with van der Waals surface area (Å²) in [7, 11) is 0. The zero-order valence-electron chi connectivity index (χ0n) is 13.9. The Kier molecular flexibility index (Phi) is 7.42. The molecule has 130 valence electrons. The number of carbonyl (C=O) groups is 1.